The Bertz CT molecular complexity index is 91.1. The maximum absolute atomic E-state index is 2.30. The zero-order valence-corrected chi connectivity index (χ0v) is 8.77. The van der Waals surface area contributed by atoms with Crippen molar-refractivity contribution in [2.45, 2.75) is 16.2 Å². The maximum atomic E-state index is 2.30. The summed E-state index contributed by atoms with van der Waals surface area (Å²) in [6.45, 7) is 2.08. The van der Waals surface area contributed by atoms with Gasteiger partial charge in [0.1, 0.15) is 0 Å². The number of rotatable bonds is 0. The average Bonchev–Trinajstić information content (AvgIpc) is 2.20. The van der Waals surface area contributed by atoms with E-state index in [1.807, 2.05) is 12.2 Å². The molecule has 1 radical (unpaired) electrons. The van der Waals surface area contributed by atoms with Gasteiger partial charge in [0.05, 0.1) is 0 Å². The summed E-state index contributed by atoms with van der Waals surface area (Å²) in [5.74, 6) is 1.34. The molecule has 0 N–H and O–H groups in total. The second-order valence-electron chi connectivity index (χ2n) is 1.96. The predicted molar refractivity (Wildman–Crippen MR) is 38.9 cm³/mol. The standard InChI is InChI=1S/C6H7.2CH3.Zr/c1-6-4-2-3-5-6;;;/h2-5H,1H3;2*1H3;. The summed E-state index contributed by atoms with van der Waals surface area (Å²) in [5.41, 5.74) is 0. The van der Waals surface area contributed by atoms with Crippen molar-refractivity contribution in [1.29, 1.82) is 0 Å². The van der Waals surface area contributed by atoms with E-state index in [1.54, 1.807) is 0 Å². The molecular formula is C8H13Zr. The van der Waals surface area contributed by atoms with E-state index in [1.165, 1.54) is 5.92 Å². The van der Waals surface area contributed by atoms with Crippen LogP contribution in [0.4, 0.5) is 0 Å². The number of hydrogen-bond acceptors (Lipinski definition) is 0. The van der Waals surface area contributed by atoms with Crippen LogP contribution in [0, 0.1) is 5.92 Å². The predicted octanol–water partition coefficient (Wildman–Crippen LogP) is 2.87. The van der Waals surface area contributed by atoms with Gasteiger partial charge >= 0.3 is 32.5 Å². The fraction of sp³-hybridized carbons (Fsp3) is 0.375. The molecule has 0 atom stereocenters. The molecule has 1 rings (SSSR count). The molecule has 0 nitrogen and oxygen atoms in total. The molecule has 0 amide bonds. The molecule has 1 heteroatoms. The molecule has 0 aromatic rings. The molecule has 0 saturated heterocycles. The van der Waals surface area contributed by atoms with E-state index in [4.69, 9.17) is 0 Å². The fourth-order valence-corrected chi connectivity index (χ4v) is 0.470. The average molecular weight is 200 g/mol. The first-order valence-corrected chi connectivity index (χ1v) is 7.99. The van der Waals surface area contributed by atoms with Crippen LogP contribution in [-0.4, -0.2) is 0 Å². The Morgan fingerprint density at radius 2 is 1.44 bits per heavy atom. The van der Waals surface area contributed by atoms with Crippen molar-refractivity contribution in [1.82, 2.24) is 0 Å². The zero-order valence-electron chi connectivity index (χ0n) is 6.31. The van der Waals surface area contributed by atoms with E-state index in [0.717, 1.165) is 0 Å². The molecule has 0 heterocycles. The normalized spacial score (nSPS) is 15.0. The Labute approximate surface area is 69.6 Å². The van der Waals surface area contributed by atoms with Gasteiger partial charge in [-0.05, 0) is 0 Å². The first-order chi connectivity index (χ1) is 4.31. The van der Waals surface area contributed by atoms with Gasteiger partial charge in [0, 0.05) is 5.92 Å². The molecule has 0 fully saturated rings. The third-order valence-electron chi connectivity index (χ3n) is 0.829. The molecule has 0 aromatic heterocycles. The molecule has 0 spiro atoms. The number of hydrogen-bond donors (Lipinski definition) is 0. The van der Waals surface area contributed by atoms with Gasteiger partial charge in [-0.2, -0.15) is 0 Å². The SMILES string of the molecule is C[C]1C=CC=C1.[CH3][Zr][CH3]. The van der Waals surface area contributed by atoms with Crippen molar-refractivity contribution < 1.29 is 23.2 Å². The fourth-order valence-electron chi connectivity index (χ4n) is 0.470. The second kappa shape index (κ2) is 6.48. The third-order valence-corrected chi connectivity index (χ3v) is 0.829. The Morgan fingerprint density at radius 1 is 1.11 bits per heavy atom. The van der Waals surface area contributed by atoms with Crippen LogP contribution in [0.15, 0.2) is 24.3 Å². The van der Waals surface area contributed by atoms with Gasteiger partial charge in [-0.3, -0.25) is 0 Å². The minimum atomic E-state index is 0.230. The van der Waals surface area contributed by atoms with Crippen LogP contribution in [-0.2, 0) is 23.2 Å². The molecule has 0 aromatic carbocycles. The summed E-state index contributed by atoms with van der Waals surface area (Å²) in [5, 5.41) is 0. The zero-order chi connectivity index (χ0) is 7.11. The van der Waals surface area contributed by atoms with Gasteiger partial charge in [0.15, 0.2) is 0 Å². The van der Waals surface area contributed by atoms with Crippen LogP contribution in [0.2, 0.25) is 9.26 Å². The third kappa shape index (κ3) is 6.25. The van der Waals surface area contributed by atoms with Crippen LogP contribution in [0.5, 0.6) is 0 Å². The Balaban J connectivity index is 0.000000187. The minimum absolute atomic E-state index is 0.230. The Morgan fingerprint density at radius 3 is 1.56 bits per heavy atom. The van der Waals surface area contributed by atoms with Crippen molar-refractivity contribution >= 4 is 0 Å². The molecule has 0 bridgehead atoms. The summed E-state index contributed by atoms with van der Waals surface area (Å²) in [4.78, 5) is 0. The van der Waals surface area contributed by atoms with Crippen LogP contribution < -0.4 is 0 Å². The van der Waals surface area contributed by atoms with E-state index < -0.39 is 0 Å². The monoisotopic (exact) mass is 199 g/mol. The molecule has 0 unspecified atom stereocenters. The van der Waals surface area contributed by atoms with Crippen molar-refractivity contribution in [2.75, 3.05) is 0 Å². The van der Waals surface area contributed by atoms with Gasteiger partial charge in [-0.25, -0.2) is 0 Å². The molecule has 1 aliphatic carbocycles. The van der Waals surface area contributed by atoms with E-state index in [0.29, 0.717) is 0 Å². The molecule has 49 valence electrons. The quantitative estimate of drug-likeness (QED) is 0.564. The van der Waals surface area contributed by atoms with Gasteiger partial charge in [-0.1, -0.05) is 31.2 Å². The van der Waals surface area contributed by atoms with E-state index in [-0.39, 0.29) is 23.2 Å². The Hall–Kier alpha value is 0.363. The molecule has 1 aliphatic rings. The summed E-state index contributed by atoms with van der Waals surface area (Å²) in [6.07, 6.45) is 8.24. The van der Waals surface area contributed by atoms with Crippen LogP contribution in [0.3, 0.4) is 0 Å². The van der Waals surface area contributed by atoms with Crippen molar-refractivity contribution in [2.24, 2.45) is 0 Å². The molecule has 9 heavy (non-hydrogen) atoms. The van der Waals surface area contributed by atoms with Gasteiger partial charge < -0.3 is 0 Å². The topological polar surface area (TPSA) is 0 Å². The summed E-state index contributed by atoms with van der Waals surface area (Å²) in [7, 11) is 0. The van der Waals surface area contributed by atoms with Gasteiger partial charge in [0.25, 0.3) is 0 Å². The van der Waals surface area contributed by atoms with Gasteiger partial charge in [0.2, 0.25) is 0 Å². The van der Waals surface area contributed by atoms with Gasteiger partial charge in [-0.15, -0.1) is 0 Å². The van der Waals surface area contributed by atoms with Crippen molar-refractivity contribution in [3.8, 4) is 0 Å². The first-order valence-electron chi connectivity index (χ1n) is 3.08. The second-order valence-corrected chi connectivity index (χ2v) is 4.42. The van der Waals surface area contributed by atoms with Crippen LogP contribution in [0.1, 0.15) is 6.92 Å². The van der Waals surface area contributed by atoms with E-state index in [9.17, 15) is 0 Å². The van der Waals surface area contributed by atoms with Crippen LogP contribution in [0.25, 0.3) is 0 Å². The number of allylic oxidation sites excluding steroid dienone is 4. The molecule has 0 saturated carbocycles. The molecular weight excluding hydrogens is 187 g/mol. The van der Waals surface area contributed by atoms with E-state index >= 15 is 0 Å². The van der Waals surface area contributed by atoms with Crippen molar-refractivity contribution in [3.63, 3.8) is 0 Å². The summed E-state index contributed by atoms with van der Waals surface area (Å²) >= 11 is 0.230. The van der Waals surface area contributed by atoms with E-state index in [2.05, 4.69) is 28.3 Å². The summed E-state index contributed by atoms with van der Waals surface area (Å²) in [6, 6.07) is 0. The molecule has 0 aliphatic heterocycles. The summed E-state index contributed by atoms with van der Waals surface area (Å²) < 4.78 is 4.59. The van der Waals surface area contributed by atoms with Crippen LogP contribution >= 0.6 is 0 Å². The first kappa shape index (κ1) is 9.36. The van der Waals surface area contributed by atoms with Crippen molar-refractivity contribution in [3.05, 3.63) is 30.2 Å². The Kier molecular flexibility index (Phi) is 6.74.